The fraction of sp³-hybridized carbons (Fsp3) is 0.619. The zero-order valence-corrected chi connectivity index (χ0v) is 16.5. The molecule has 1 aliphatic heterocycles. The van der Waals surface area contributed by atoms with Crippen LogP contribution in [0.5, 0.6) is 0 Å². The van der Waals surface area contributed by atoms with Gasteiger partial charge in [0.25, 0.3) is 0 Å². The van der Waals surface area contributed by atoms with Crippen molar-refractivity contribution >= 4 is 12.0 Å². The lowest BCUT2D eigenvalue weighted by atomic mass is 9.82. The van der Waals surface area contributed by atoms with Crippen molar-refractivity contribution < 1.29 is 14.7 Å². The Morgan fingerprint density at radius 3 is 2.52 bits per heavy atom. The number of carboxylic acid groups (broad SMARTS) is 1. The minimum absolute atomic E-state index is 0.00293. The highest BCUT2D eigenvalue weighted by atomic mass is 16.4. The fourth-order valence-corrected chi connectivity index (χ4v) is 4.64. The second kappa shape index (κ2) is 7.89. The molecule has 0 bridgehead atoms. The molecule has 148 valence electrons. The predicted octanol–water partition coefficient (Wildman–Crippen LogP) is 2.90. The van der Waals surface area contributed by atoms with E-state index in [0.717, 1.165) is 32.4 Å². The summed E-state index contributed by atoms with van der Waals surface area (Å²) in [4.78, 5) is 27.8. The van der Waals surface area contributed by atoms with Gasteiger partial charge in [0.05, 0.1) is 6.54 Å². The second-order valence-corrected chi connectivity index (χ2v) is 8.29. The molecule has 1 saturated carbocycles. The average Bonchev–Trinajstić information content (AvgIpc) is 2.91. The van der Waals surface area contributed by atoms with Crippen molar-refractivity contribution in [2.45, 2.75) is 63.6 Å². The van der Waals surface area contributed by atoms with E-state index in [1.807, 2.05) is 22.8 Å². The molecule has 1 atom stereocenters. The number of hydrogen-bond donors (Lipinski definition) is 2. The molecule has 1 heterocycles. The first-order valence-corrected chi connectivity index (χ1v) is 9.91. The van der Waals surface area contributed by atoms with Crippen molar-refractivity contribution in [2.75, 3.05) is 19.6 Å². The molecule has 0 radical (unpaired) electrons. The zero-order chi connectivity index (χ0) is 19.6. The van der Waals surface area contributed by atoms with E-state index in [2.05, 4.69) is 43.4 Å². The zero-order valence-electron chi connectivity index (χ0n) is 16.5. The van der Waals surface area contributed by atoms with Crippen LogP contribution in [0.25, 0.3) is 0 Å². The fourth-order valence-electron chi connectivity index (χ4n) is 4.64. The number of carbonyl (C=O) groups excluding carboxylic acids is 1. The highest BCUT2D eigenvalue weighted by Crippen LogP contribution is 2.41. The van der Waals surface area contributed by atoms with Gasteiger partial charge in [-0.25, -0.2) is 4.79 Å². The Bertz CT molecular complexity index is 671. The lowest BCUT2D eigenvalue weighted by molar-refractivity contribution is -0.139. The Morgan fingerprint density at radius 1 is 1.26 bits per heavy atom. The maximum Gasteiger partial charge on any atom is 0.318 e. The molecule has 1 unspecified atom stereocenters. The summed E-state index contributed by atoms with van der Waals surface area (Å²) in [6.45, 7) is 7.81. The monoisotopic (exact) mass is 373 g/mol. The molecule has 0 spiro atoms. The highest BCUT2D eigenvalue weighted by molar-refractivity contribution is 5.76. The van der Waals surface area contributed by atoms with Gasteiger partial charge in [-0.1, -0.05) is 37.3 Å². The lowest BCUT2D eigenvalue weighted by Gasteiger charge is -2.44. The molecule has 1 saturated heterocycles. The molecular weight excluding hydrogens is 342 g/mol. The van der Waals surface area contributed by atoms with E-state index in [1.165, 1.54) is 5.56 Å². The number of likely N-dealkylation sites (N-methyl/N-ethyl adjacent to an activating group) is 1. The lowest BCUT2D eigenvalue weighted by Crippen LogP contribution is -2.58. The van der Waals surface area contributed by atoms with E-state index >= 15 is 0 Å². The number of nitrogens with one attached hydrogen (secondary N) is 1. The summed E-state index contributed by atoms with van der Waals surface area (Å²) in [5.41, 5.74) is 1.06. The molecule has 2 fully saturated rings. The van der Waals surface area contributed by atoms with Crippen LogP contribution < -0.4 is 5.32 Å². The van der Waals surface area contributed by atoms with Crippen LogP contribution in [0.15, 0.2) is 30.3 Å². The summed E-state index contributed by atoms with van der Waals surface area (Å²) in [6.07, 6.45) is 2.62. The molecule has 2 aliphatic rings. The van der Waals surface area contributed by atoms with Gasteiger partial charge in [-0.15, -0.1) is 0 Å². The number of urea groups is 1. The first kappa shape index (κ1) is 19.7. The van der Waals surface area contributed by atoms with Crippen LogP contribution in [0.2, 0.25) is 0 Å². The number of nitrogens with zero attached hydrogens (tertiary/aromatic N) is 2. The maximum atomic E-state index is 12.9. The van der Waals surface area contributed by atoms with Gasteiger partial charge in [-0.3, -0.25) is 9.69 Å². The number of likely N-dealkylation sites (tertiary alicyclic amines) is 1. The summed E-state index contributed by atoms with van der Waals surface area (Å²) < 4.78 is 0. The van der Waals surface area contributed by atoms with Gasteiger partial charge in [0.15, 0.2) is 0 Å². The number of carboxylic acids is 1. The third-order valence-corrected chi connectivity index (χ3v) is 6.34. The molecule has 1 aliphatic carbocycles. The smallest absolute Gasteiger partial charge is 0.318 e. The van der Waals surface area contributed by atoms with E-state index in [1.54, 1.807) is 0 Å². The van der Waals surface area contributed by atoms with Crippen molar-refractivity contribution in [3.63, 3.8) is 0 Å². The quantitative estimate of drug-likeness (QED) is 0.804. The third-order valence-electron chi connectivity index (χ3n) is 6.34. The van der Waals surface area contributed by atoms with Gasteiger partial charge in [-0.2, -0.15) is 0 Å². The number of amides is 2. The van der Waals surface area contributed by atoms with Crippen LogP contribution in [-0.2, 0) is 4.79 Å². The van der Waals surface area contributed by atoms with Crippen LogP contribution in [0, 0.1) is 0 Å². The third kappa shape index (κ3) is 4.10. The molecule has 0 aromatic heterocycles. The van der Waals surface area contributed by atoms with Crippen LogP contribution in [0.4, 0.5) is 4.79 Å². The Balaban J connectivity index is 1.54. The normalized spacial score (nSPS) is 26.7. The predicted molar refractivity (Wildman–Crippen MR) is 105 cm³/mol. The van der Waals surface area contributed by atoms with E-state index in [4.69, 9.17) is 5.11 Å². The van der Waals surface area contributed by atoms with Gasteiger partial charge in [0.2, 0.25) is 0 Å². The van der Waals surface area contributed by atoms with Gasteiger partial charge in [0, 0.05) is 30.1 Å². The molecule has 1 aromatic rings. The second-order valence-electron chi connectivity index (χ2n) is 8.29. The van der Waals surface area contributed by atoms with E-state index in [-0.39, 0.29) is 30.2 Å². The van der Waals surface area contributed by atoms with Gasteiger partial charge >= 0.3 is 12.0 Å². The molecule has 27 heavy (non-hydrogen) atoms. The minimum atomic E-state index is -0.796. The summed E-state index contributed by atoms with van der Waals surface area (Å²) in [6, 6.07) is 10.8. The first-order chi connectivity index (χ1) is 12.8. The number of benzene rings is 1. The Labute approximate surface area is 161 Å². The van der Waals surface area contributed by atoms with E-state index < -0.39 is 5.97 Å². The van der Waals surface area contributed by atoms with Crippen molar-refractivity contribution in [3.05, 3.63) is 35.9 Å². The number of aliphatic carboxylic acids is 1. The number of rotatable bonds is 6. The summed E-state index contributed by atoms with van der Waals surface area (Å²) in [5.74, 6) is -0.458. The van der Waals surface area contributed by atoms with Crippen molar-refractivity contribution in [2.24, 2.45) is 0 Å². The molecule has 3 rings (SSSR count). The molecular formula is C21H31N3O3. The highest BCUT2D eigenvalue weighted by Gasteiger charge is 2.45. The molecule has 6 nitrogen and oxygen atoms in total. The van der Waals surface area contributed by atoms with Crippen molar-refractivity contribution in [1.29, 1.82) is 0 Å². The molecule has 1 aromatic carbocycles. The first-order valence-electron chi connectivity index (χ1n) is 9.91. The van der Waals surface area contributed by atoms with Crippen molar-refractivity contribution in [1.82, 2.24) is 15.1 Å². The number of carbonyl (C=O) groups is 2. The Hall–Kier alpha value is -2.08. The standard InChI is InChI=1S/C21H31N3O3/c1-4-23(14-19(25)26)17-12-16(13-17)22-20(27)24-11-10-18(21(24,2)3)15-8-6-5-7-9-15/h5-9,16-18H,4,10-14H2,1-3H3,(H,22,27)(H,25,26). The van der Waals surface area contributed by atoms with Crippen LogP contribution in [-0.4, -0.2) is 64.2 Å². The summed E-state index contributed by atoms with van der Waals surface area (Å²) >= 11 is 0. The summed E-state index contributed by atoms with van der Waals surface area (Å²) in [7, 11) is 0. The van der Waals surface area contributed by atoms with Gasteiger partial charge < -0.3 is 15.3 Å². The summed E-state index contributed by atoms with van der Waals surface area (Å²) in [5, 5.41) is 12.2. The average molecular weight is 373 g/mol. The van der Waals surface area contributed by atoms with Crippen LogP contribution in [0.1, 0.15) is 51.5 Å². The topological polar surface area (TPSA) is 72.9 Å². The van der Waals surface area contributed by atoms with Gasteiger partial charge in [0.1, 0.15) is 0 Å². The van der Waals surface area contributed by atoms with E-state index in [9.17, 15) is 9.59 Å². The minimum Gasteiger partial charge on any atom is -0.480 e. The largest absolute Gasteiger partial charge is 0.480 e. The van der Waals surface area contributed by atoms with E-state index in [0.29, 0.717) is 5.92 Å². The SMILES string of the molecule is CCN(CC(=O)O)C1CC(NC(=O)N2CCC(c3ccccc3)C2(C)C)C1. The molecule has 6 heteroatoms. The van der Waals surface area contributed by atoms with Gasteiger partial charge in [-0.05, 0) is 45.2 Å². The Kier molecular flexibility index (Phi) is 5.75. The molecule has 2 amide bonds. The number of hydrogen-bond acceptors (Lipinski definition) is 3. The maximum absolute atomic E-state index is 12.9. The van der Waals surface area contributed by atoms with Crippen molar-refractivity contribution in [3.8, 4) is 0 Å². The Morgan fingerprint density at radius 2 is 1.93 bits per heavy atom. The van der Waals surface area contributed by atoms with Crippen LogP contribution in [0.3, 0.4) is 0 Å². The molecule has 2 N–H and O–H groups in total. The van der Waals surface area contributed by atoms with Crippen LogP contribution >= 0.6 is 0 Å².